The first-order chi connectivity index (χ1) is 6.45. The van der Waals surface area contributed by atoms with Crippen LogP contribution in [0.4, 0.5) is 5.69 Å². The molecule has 0 fully saturated rings. The molecule has 2 aromatic rings. The van der Waals surface area contributed by atoms with E-state index in [-0.39, 0.29) is 0 Å². The summed E-state index contributed by atoms with van der Waals surface area (Å²) in [4.78, 5) is 4.27. The Morgan fingerprint density at radius 3 is 3.23 bits per heavy atom. The van der Waals surface area contributed by atoms with Crippen LogP contribution in [0.25, 0.3) is 5.69 Å². The number of nitrogens with one attached hydrogen (secondary N) is 1. The van der Waals surface area contributed by atoms with Gasteiger partial charge in [0.15, 0.2) is 5.57 Å². The fourth-order valence-electron chi connectivity index (χ4n) is 1.50. The first-order valence-electron chi connectivity index (χ1n) is 4.10. The Bertz CT molecular complexity index is 450. The highest BCUT2D eigenvalue weighted by molar-refractivity contribution is 7.48. The third-order valence-corrected chi connectivity index (χ3v) is 3.10. The van der Waals surface area contributed by atoms with E-state index in [0.29, 0.717) is 8.73 Å². The Hall–Kier alpha value is -1.34. The van der Waals surface area contributed by atoms with Crippen molar-refractivity contribution < 1.29 is 0 Å². The highest BCUT2D eigenvalue weighted by Gasteiger charge is 2.13. The van der Waals surface area contributed by atoms with Crippen molar-refractivity contribution in [1.82, 2.24) is 9.55 Å². The zero-order chi connectivity index (χ0) is 8.67. The third-order valence-electron chi connectivity index (χ3n) is 2.11. The second kappa shape index (κ2) is 2.57. The number of anilines is 1. The summed E-state index contributed by atoms with van der Waals surface area (Å²) in [6, 6.07) is 8.26. The van der Waals surface area contributed by atoms with E-state index >= 15 is 0 Å². The Balaban J connectivity index is 2.30. The maximum Gasteiger partial charge on any atom is 0.153 e. The molecular weight excluding hydrogens is 181 g/mol. The minimum atomic E-state index is 0.566. The normalized spacial score (nSPS) is 14.8. The summed E-state index contributed by atoms with van der Waals surface area (Å²) in [6.45, 7) is 0. The topological polar surface area (TPSA) is 29.9 Å². The number of hydrogen-bond donors (Lipinski definition) is 1. The molecule has 1 aliphatic heterocycles. The van der Waals surface area contributed by atoms with Gasteiger partial charge in [-0.3, -0.25) is 4.57 Å². The zero-order valence-electron chi connectivity index (χ0n) is 6.86. The van der Waals surface area contributed by atoms with Crippen molar-refractivity contribution in [2.24, 2.45) is 0 Å². The Labute approximate surface area is 77.6 Å². The molecule has 3 rings (SSSR count). The van der Waals surface area contributed by atoms with E-state index in [2.05, 4.69) is 26.8 Å². The summed E-state index contributed by atoms with van der Waals surface area (Å²) < 4.78 is 2.13. The summed E-state index contributed by atoms with van der Waals surface area (Å²) >= 11 is 0. The van der Waals surface area contributed by atoms with Crippen molar-refractivity contribution in [3.63, 3.8) is 0 Å². The highest BCUT2D eigenvalue weighted by Crippen LogP contribution is 2.29. The second-order valence-corrected chi connectivity index (χ2v) is 3.84. The van der Waals surface area contributed by atoms with Crippen LogP contribution in [0.1, 0.15) is 0 Å². The van der Waals surface area contributed by atoms with Gasteiger partial charge in [-0.2, -0.15) is 0 Å². The summed E-state index contributed by atoms with van der Waals surface area (Å²) in [6.07, 6.45) is 3.84. The van der Waals surface area contributed by atoms with Gasteiger partial charge < -0.3 is 5.09 Å². The van der Waals surface area contributed by atoms with Crippen molar-refractivity contribution >= 4 is 20.0 Å². The SMILES string of the molecule is c1ccc2c(c1)NPc1nccn1-2. The molecule has 0 spiro atoms. The molecule has 64 valence electrons. The summed E-state index contributed by atoms with van der Waals surface area (Å²) in [5.74, 6) is 0. The first-order valence-corrected chi connectivity index (χ1v) is 5.10. The van der Waals surface area contributed by atoms with Gasteiger partial charge in [-0.1, -0.05) is 12.1 Å². The van der Waals surface area contributed by atoms with Crippen molar-refractivity contribution in [3.8, 4) is 5.69 Å². The van der Waals surface area contributed by atoms with Crippen LogP contribution in [0.3, 0.4) is 0 Å². The number of imidazole rings is 1. The predicted molar refractivity (Wildman–Crippen MR) is 55.1 cm³/mol. The smallest absolute Gasteiger partial charge is 0.153 e. The van der Waals surface area contributed by atoms with Crippen LogP contribution in [0.2, 0.25) is 0 Å². The lowest BCUT2D eigenvalue weighted by molar-refractivity contribution is 1.10. The van der Waals surface area contributed by atoms with Crippen LogP contribution < -0.4 is 10.7 Å². The Morgan fingerprint density at radius 1 is 1.31 bits per heavy atom. The van der Waals surface area contributed by atoms with Gasteiger partial charge in [0.2, 0.25) is 0 Å². The highest BCUT2D eigenvalue weighted by atomic mass is 31.1. The number of fused-ring (bicyclic) bond motifs is 3. The van der Waals surface area contributed by atoms with Gasteiger partial charge >= 0.3 is 0 Å². The first kappa shape index (κ1) is 7.10. The average Bonchev–Trinajstić information content (AvgIpc) is 2.65. The number of benzene rings is 1. The number of nitrogens with zero attached hydrogens (tertiary/aromatic N) is 2. The van der Waals surface area contributed by atoms with E-state index in [1.807, 2.05) is 24.5 Å². The van der Waals surface area contributed by atoms with Crippen LogP contribution in [-0.4, -0.2) is 9.55 Å². The number of para-hydroxylation sites is 2. The summed E-state index contributed by atoms with van der Waals surface area (Å²) in [5.41, 5.74) is 3.47. The lowest BCUT2D eigenvalue weighted by Crippen LogP contribution is -2.18. The molecule has 0 saturated carbocycles. The molecule has 1 N–H and O–H groups in total. The fourth-order valence-corrected chi connectivity index (χ4v) is 2.42. The maximum absolute atomic E-state index is 4.27. The van der Waals surface area contributed by atoms with E-state index in [0.717, 1.165) is 5.57 Å². The molecule has 0 bridgehead atoms. The Morgan fingerprint density at radius 2 is 2.23 bits per heavy atom. The minimum Gasteiger partial charge on any atom is -0.359 e. The molecule has 2 heterocycles. The molecule has 13 heavy (non-hydrogen) atoms. The van der Waals surface area contributed by atoms with Crippen LogP contribution in [0, 0.1) is 0 Å². The van der Waals surface area contributed by atoms with Gasteiger partial charge in [0.1, 0.15) is 0 Å². The number of rotatable bonds is 0. The standard InChI is InChI=1S/C9H8N3P/c1-2-4-8-7(3-1)11-13-9-10-5-6-12(8)9/h1-6,11,13H. The second-order valence-electron chi connectivity index (χ2n) is 2.89. The van der Waals surface area contributed by atoms with Gasteiger partial charge in [0.05, 0.1) is 11.4 Å². The minimum absolute atomic E-state index is 0.566. The van der Waals surface area contributed by atoms with Crippen LogP contribution in [0.5, 0.6) is 0 Å². The van der Waals surface area contributed by atoms with Gasteiger partial charge in [-0.05, 0) is 12.1 Å². The molecule has 0 radical (unpaired) electrons. The molecule has 1 aliphatic rings. The maximum atomic E-state index is 4.27. The molecule has 0 saturated heterocycles. The molecule has 1 atom stereocenters. The Kier molecular flexibility index (Phi) is 1.41. The van der Waals surface area contributed by atoms with Crippen molar-refractivity contribution in [1.29, 1.82) is 0 Å². The van der Waals surface area contributed by atoms with Gasteiger partial charge in [0.25, 0.3) is 0 Å². The van der Waals surface area contributed by atoms with E-state index in [1.54, 1.807) is 0 Å². The number of aromatic nitrogens is 2. The van der Waals surface area contributed by atoms with Gasteiger partial charge in [-0.25, -0.2) is 4.98 Å². The van der Waals surface area contributed by atoms with Gasteiger partial charge in [0, 0.05) is 21.1 Å². The van der Waals surface area contributed by atoms with Crippen LogP contribution in [-0.2, 0) is 0 Å². The van der Waals surface area contributed by atoms with Crippen LogP contribution >= 0.6 is 8.73 Å². The van der Waals surface area contributed by atoms with E-state index in [1.165, 1.54) is 11.4 Å². The average molecular weight is 189 g/mol. The molecule has 0 amide bonds. The number of hydrogen-bond acceptors (Lipinski definition) is 2. The van der Waals surface area contributed by atoms with Gasteiger partial charge in [-0.15, -0.1) is 0 Å². The van der Waals surface area contributed by atoms with Crippen molar-refractivity contribution in [2.45, 2.75) is 0 Å². The molecular formula is C9H8N3P. The van der Waals surface area contributed by atoms with E-state index in [9.17, 15) is 0 Å². The lowest BCUT2D eigenvalue weighted by Gasteiger charge is -2.19. The van der Waals surface area contributed by atoms with Crippen molar-refractivity contribution in [3.05, 3.63) is 36.7 Å². The molecule has 4 heteroatoms. The molecule has 0 aliphatic carbocycles. The zero-order valence-corrected chi connectivity index (χ0v) is 7.86. The lowest BCUT2D eigenvalue weighted by atomic mass is 10.3. The van der Waals surface area contributed by atoms with Crippen molar-refractivity contribution in [2.75, 3.05) is 5.09 Å². The quantitative estimate of drug-likeness (QED) is 0.637. The van der Waals surface area contributed by atoms with Crippen LogP contribution in [0.15, 0.2) is 36.7 Å². The largest absolute Gasteiger partial charge is 0.359 e. The molecule has 1 aromatic heterocycles. The fraction of sp³-hybridized carbons (Fsp3) is 0. The summed E-state index contributed by atoms with van der Waals surface area (Å²) in [7, 11) is 0.566. The van der Waals surface area contributed by atoms with E-state index in [4.69, 9.17) is 0 Å². The molecule has 3 nitrogen and oxygen atoms in total. The predicted octanol–water partition coefficient (Wildman–Crippen LogP) is 1.52. The molecule has 1 unspecified atom stereocenters. The van der Waals surface area contributed by atoms with E-state index < -0.39 is 0 Å². The third kappa shape index (κ3) is 0.973. The summed E-state index contributed by atoms with van der Waals surface area (Å²) in [5, 5.41) is 3.35. The monoisotopic (exact) mass is 189 g/mol. The molecule has 1 aromatic carbocycles.